The lowest BCUT2D eigenvalue weighted by Crippen LogP contribution is -2.18. The molecule has 3 aromatic rings. The monoisotopic (exact) mass is 387 g/mol. The first-order valence-electron chi connectivity index (χ1n) is 8.49. The van der Waals surface area contributed by atoms with E-state index < -0.39 is 0 Å². The third-order valence-electron chi connectivity index (χ3n) is 3.97. The second-order valence-electron chi connectivity index (χ2n) is 5.88. The standard InChI is InChI=1S/C19H21N3O2S2/c1-4-15-10-20-18(24-15)13(3)25-16-11-21-19(26-16)22-17(23)12(2)14-8-6-5-7-9-14/h5-13H,4H2,1-3H3,(H,21,22,23). The van der Waals surface area contributed by atoms with Crippen molar-refractivity contribution in [1.29, 1.82) is 0 Å². The van der Waals surface area contributed by atoms with Crippen molar-refractivity contribution in [3.63, 3.8) is 0 Å². The summed E-state index contributed by atoms with van der Waals surface area (Å²) in [7, 11) is 0. The van der Waals surface area contributed by atoms with E-state index in [1.54, 1.807) is 24.2 Å². The first-order valence-corrected chi connectivity index (χ1v) is 10.2. The van der Waals surface area contributed by atoms with Crippen molar-refractivity contribution in [3.8, 4) is 0 Å². The molecule has 3 rings (SSSR count). The number of aryl methyl sites for hydroxylation is 1. The van der Waals surface area contributed by atoms with Crippen LogP contribution in [0.3, 0.4) is 0 Å². The second kappa shape index (κ2) is 8.51. The maximum Gasteiger partial charge on any atom is 0.233 e. The van der Waals surface area contributed by atoms with Gasteiger partial charge in [0.1, 0.15) is 5.76 Å². The highest BCUT2D eigenvalue weighted by atomic mass is 32.2. The molecule has 0 saturated carbocycles. The van der Waals surface area contributed by atoms with Gasteiger partial charge in [0.15, 0.2) is 5.13 Å². The van der Waals surface area contributed by atoms with Gasteiger partial charge in [0.05, 0.1) is 27.8 Å². The van der Waals surface area contributed by atoms with Gasteiger partial charge in [-0.25, -0.2) is 9.97 Å². The van der Waals surface area contributed by atoms with Crippen LogP contribution in [0, 0.1) is 0 Å². The number of anilines is 1. The summed E-state index contributed by atoms with van der Waals surface area (Å²) >= 11 is 3.08. The van der Waals surface area contributed by atoms with Gasteiger partial charge < -0.3 is 9.73 Å². The summed E-state index contributed by atoms with van der Waals surface area (Å²) in [6.07, 6.45) is 4.38. The van der Waals surface area contributed by atoms with Crippen molar-refractivity contribution in [2.75, 3.05) is 5.32 Å². The number of carbonyl (C=O) groups excluding carboxylic acids is 1. The Hall–Kier alpha value is -2.12. The van der Waals surface area contributed by atoms with Crippen LogP contribution in [-0.4, -0.2) is 15.9 Å². The predicted molar refractivity (Wildman–Crippen MR) is 106 cm³/mol. The zero-order chi connectivity index (χ0) is 18.5. The van der Waals surface area contributed by atoms with Gasteiger partial charge in [0.2, 0.25) is 11.8 Å². The third kappa shape index (κ3) is 4.53. The quantitative estimate of drug-likeness (QED) is 0.558. The molecular formula is C19H21N3O2S2. The number of thioether (sulfide) groups is 1. The van der Waals surface area contributed by atoms with E-state index in [4.69, 9.17) is 4.42 Å². The highest BCUT2D eigenvalue weighted by Gasteiger charge is 2.18. The van der Waals surface area contributed by atoms with Crippen molar-refractivity contribution in [3.05, 3.63) is 59.9 Å². The molecule has 0 spiro atoms. The Kier molecular flexibility index (Phi) is 6.11. The van der Waals surface area contributed by atoms with Crippen LogP contribution in [-0.2, 0) is 11.2 Å². The average molecular weight is 388 g/mol. The molecule has 2 atom stereocenters. The molecular weight excluding hydrogens is 366 g/mol. The van der Waals surface area contributed by atoms with Gasteiger partial charge in [0, 0.05) is 6.42 Å². The number of carbonyl (C=O) groups is 1. The van der Waals surface area contributed by atoms with Crippen molar-refractivity contribution < 1.29 is 9.21 Å². The first kappa shape index (κ1) is 18.7. The summed E-state index contributed by atoms with van der Waals surface area (Å²) in [4.78, 5) is 21.1. The fourth-order valence-electron chi connectivity index (χ4n) is 2.38. The number of hydrogen-bond donors (Lipinski definition) is 1. The van der Waals surface area contributed by atoms with Gasteiger partial charge in [-0.2, -0.15) is 0 Å². The number of thiazole rings is 1. The van der Waals surface area contributed by atoms with Gasteiger partial charge in [-0.1, -0.05) is 48.6 Å². The molecule has 0 aliphatic heterocycles. The van der Waals surface area contributed by atoms with E-state index in [9.17, 15) is 4.79 Å². The minimum atomic E-state index is -0.227. The summed E-state index contributed by atoms with van der Waals surface area (Å²) in [6.45, 7) is 5.98. The van der Waals surface area contributed by atoms with E-state index in [0.717, 1.165) is 22.0 Å². The lowest BCUT2D eigenvalue weighted by atomic mass is 10.0. The Bertz CT molecular complexity index is 861. The van der Waals surface area contributed by atoms with Gasteiger partial charge in [-0.15, -0.1) is 11.8 Å². The van der Waals surface area contributed by atoms with Crippen LogP contribution in [0.5, 0.6) is 0 Å². The number of benzene rings is 1. The molecule has 0 bridgehead atoms. The predicted octanol–water partition coefficient (Wildman–Crippen LogP) is 5.29. The lowest BCUT2D eigenvalue weighted by Gasteiger charge is -2.10. The molecule has 0 radical (unpaired) electrons. The molecule has 1 N–H and O–H groups in total. The van der Waals surface area contributed by atoms with E-state index >= 15 is 0 Å². The first-order chi connectivity index (χ1) is 12.6. The van der Waals surface area contributed by atoms with Crippen LogP contribution in [0.4, 0.5) is 5.13 Å². The molecule has 0 aliphatic carbocycles. The molecule has 1 aromatic carbocycles. The van der Waals surface area contributed by atoms with Gasteiger partial charge in [-0.3, -0.25) is 4.79 Å². The van der Waals surface area contributed by atoms with Crippen LogP contribution in [0.2, 0.25) is 0 Å². The molecule has 5 nitrogen and oxygen atoms in total. The topological polar surface area (TPSA) is 68.0 Å². The molecule has 2 heterocycles. The largest absolute Gasteiger partial charge is 0.445 e. The number of rotatable bonds is 7. The Morgan fingerprint density at radius 2 is 2.00 bits per heavy atom. The highest BCUT2D eigenvalue weighted by molar-refractivity contribution is 8.01. The number of amides is 1. The number of nitrogens with one attached hydrogen (secondary N) is 1. The van der Waals surface area contributed by atoms with Crippen molar-refractivity contribution in [1.82, 2.24) is 9.97 Å². The smallest absolute Gasteiger partial charge is 0.233 e. The summed E-state index contributed by atoms with van der Waals surface area (Å²) in [5.41, 5.74) is 0.986. The Morgan fingerprint density at radius 3 is 2.69 bits per heavy atom. The average Bonchev–Trinajstić information content (AvgIpc) is 3.31. The molecule has 1 amide bonds. The van der Waals surface area contributed by atoms with Crippen LogP contribution in [0.15, 0.2) is 51.4 Å². The third-order valence-corrected chi connectivity index (χ3v) is 6.11. The van der Waals surface area contributed by atoms with E-state index in [-0.39, 0.29) is 17.1 Å². The summed E-state index contributed by atoms with van der Waals surface area (Å²) in [6, 6.07) is 9.72. The lowest BCUT2D eigenvalue weighted by molar-refractivity contribution is -0.117. The number of aromatic nitrogens is 2. The minimum Gasteiger partial charge on any atom is -0.445 e. The normalized spacial score (nSPS) is 13.3. The van der Waals surface area contributed by atoms with Gasteiger partial charge in [0.25, 0.3) is 0 Å². The summed E-state index contributed by atoms with van der Waals surface area (Å²) in [5, 5.41) is 3.59. The fourth-order valence-corrected chi connectivity index (χ4v) is 4.46. The van der Waals surface area contributed by atoms with Gasteiger partial charge >= 0.3 is 0 Å². The SMILES string of the molecule is CCc1cnc(C(C)Sc2cnc(NC(=O)C(C)c3ccccc3)s2)o1. The zero-order valence-corrected chi connectivity index (χ0v) is 16.6. The molecule has 2 aromatic heterocycles. The Morgan fingerprint density at radius 1 is 1.23 bits per heavy atom. The maximum absolute atomic E-state index is 12.4. The van der Waals surface area contributed by atoms with Crippen LogP contribution in [0.25, 0.3) is 0 Å². The second-order valence-corrected chi connectivity index (χ2v) is 8.56. The van der Waals surface area contributed by atoms with E-state index in [1.807, 2.05) is 51.1 Å². The van der Waals surface area contributed by atoms with Crippen LogP contribution >= 0.6 is 23.1 Å². The molecule has 0 aliphatic rings. The zero-order valence-electron chi connectivity index (χ0n) is 14.9. The highest BCUT2D eigenvalue weighted by Crippen LogP contribution is 2.38. The van der Waals surface area contributed by atoms with Crippen LogP contribution in [0.1, 0.15) is 49.2 Å². The van der Waals surface area contributed by atoms with Gasteiger partial charge in [-0.05, 0) is 19.4 Å². The van der Waals surface area contributed by atoms with Crippen molar-refractivity contribution in [2.24, 2.45) is 0 Å². The van der Waals surface area contributed by atoms with Crippen LogP contribution < -0.4 is 5.32 Å². The maximum atomic E-state index is 12.4. The number of oxazole rings is 1. The Balaban J connectivity index is 1.60. The van der Waals surface area contributed by atoms with E-state index in [2.05, 4.69) is 15.3 Å². The van der Waals surface area contributed by atoms with E-state index in [1.165, 1.54) is 11.3 Å². The summed E-state index contributed by atoms with van der Waals surface area (Å²) in [5.74, 6) is 1.31. The number of nitrogens with zero attached hydrogens (tertiary/aromatic N) is 2. The Labute approximate surface area is 161 Å². The summed E-state index contributed by atoms with van der Waals surface area (Å²) < 4.78 is 6.71. The van der Waals surface area contributed by atoms with Crippen molar-refractivity contribution >= 4 is 34.1 Å². The molecule has 2 unspecified atom stereocenters. The van der Waals surface area contributed by atoms with Crippen molar-refractivity contribution in [2.45, 2.75) is 42.6 Å². The number of hydrogen-bond acceptors (Lipinski definition) is 6. The fraction of sp³-hybridized carbons (Fsp3) is 0.316. The molecule has 7 heteroatoms. The molecule has 0 saturated heterocycles. The minimum absolute atomic E-state index is 0.0598. The molecule has 26 heavy (non-hydrogen) atoms. The molecule has 136 valence electrons. The van der Waals surface area contributed by atoms with E-state index in [0.29, 0.717) is 11.0 Å². The molecule has 0 fully saturated rings.